The highest BCUT2D eigenvalue weighted by atomic mass is 16.1. The molecule has 0 aliphatic heterocycles. The van der Waals surface area contributed by atoms with Gasteiger partial charge < -0.3 is 4.79 Å². The average molecular weight is 75.1 g/mol. The Morgan fingerprint density at radius 3 is 3.00 bits per heavy atom. The van der Waals surface area contributed by atoms with E-state index in [1.165, 1.54) is 6.92 Å². The minimum Gasteiger partial charge on any atom is -0.303 e. The number of hydrogen-bond donors (Lipinski definition) is 0. The van der Waals surface area contributed by atoms with Gasteiger partial charge in [-0.05, 0) is 6.42 Å². The second kappa shape index (κ2) is 3.67. The van der Waals surface area contributed by atoms with Crippen LogP contribution in [0.1, 0.15) is 23.8 Å². The number of carbonyl (C=O) groups excluding carboxylic acids is 1. The largest absolute Gasteiger partial charge is 0.303 e. The monoisotopic (exact) mass is 75.1 g/mol. The first-order valence-electron chi connectivity index (χ1n) is 3.01. The first kappa shape index (κ1) is 1.41. The Bertz CT molecular complexity index is 99.5. The maximum Gasteiger partial charge on any atom is 0.119 e. The normalized spacial score (nSPS) is 19.0. The van der Waals surface area contributed by atoms with Gasteiger partial charge in [0.25, 0.3) is 0 Å². The van der Waals surface area contributed by atoms with E-state index in [1.807, 2.05) is 0 Å². The van der Waals surface area contributed by atoms with Crippen molar-refractivity contribution in [2.75, 3.05) is 0 Å². The van der Waals surface area contributed by atoms with Gasteiger partial charge in [0.1, 0.15) is 7.63 Å². The Labute approximate surface area is 36.2 Å². The molecule has 0 aliphatic rings. The summed E-state index contributed by atoms with van der Waals surface area (Å²) in [6.45, 7) is 1.53. The van der Waals surface area contributed by atoms with Gasteiger partial charge in [-0.1, -0.05) is 6.92 Å². The van der Waals surface area contributed by atoms with Crippen LogP contribution >= 0.6 is 0 Å². The van der Waals surface area contributed by atoms with Gasteiger partial charge in [0.2, 0.25) is 0 Å². The topological polar surface area (TPSA) is 17.1 Å². The van der Waals surface area contributed by atoms with Crippen LogP contribution in [0.25, 0.3) is 0 Å². The van der Waals surface area contributed by atoms with Crippen molar-refractivity contribution in [2.24, 2.45) is 0 Å². The van der Waals surface area contributed by atoms with E-state index in [1.54, 1.807) is 0 Å². The highest BCUT2D eigenvalue weighted by Crippen LogP contribution is 1.74. The Balaban J connectivity index is 3.91. The third-order valence-corrected chi connectivity index (χ3v) is 0.249. The molecule has 0 atom stereocenters. The van der Waals surface area contributed by atoms with E-state index < -0.39 is 12.6 Å². The second-order valence-corrected chi connectivity index (χ2v) is 0.632. The maximum atomic E-state index is 9.99. The lowest BCUT2D eigenvalue weighted by molar-refractivity contribution is -0.107. The summed E-state index contributed by atoms with van der Waals surface area (Å²) in [7, 11) is 0. The minimum absolute atomic E-state index is 0.0787. The molecule has 0 N–H and O–H groups in total. The van der Waals surface area contributed by atoms with E-state index >= 15 is 0 Å². The standard InChI is InChI=1S/C4H8O/c1-2-3-4-5/h4H,2-3H2,1H3/i3D2,4D. The second-order valence-electron chi connectivity index (χ2n) is 0.632. The summed E-state index contributed by atoms with van der Waals surface area (Å²) in [5.74, 6) is 0. The van der Waals surface area contributed by atoms with Gasteiger partial charge in [0.05, 0.1) is 0 Å². The molecule has 0 rings (SSSR count). The van der Waals surface area contributed by atoms with E-state index in [-0.39, 0.29) is 6.42 Å². The van der Waals surface area contributed by atoms with Crippen LogP contribution in [-0.4, -0.2) is 6.26 Å². The van der Waals surface area contributed by atoms with Crippen LogP contribution in [0, 0.1) is 0 Å². The van der Waals surface area contributed by atoms with E-state index in [4.69, 9.17) is 4.11 Å². The highest BCUT2D eigenvalue weighted by molar-refractivity contribution is 5.48. The molecular weight excluding hydrogens is 64.0 g/mol. The molecule has 1 heteroatoms. The molecule has 0 radical (unpaired) electrons. The van der Waals surface area contributed by atoms with Crippen molar-refractivity contribution in [1.29, 1.82) is 0 Å². The Hall–Kier alpha value is -0.330. The summed E-state index contributed by atoms with van der Waals surface area (Å²) in [5.41, 5.74) is 0. The van der Waals surface area contributed by atoms with Crippen LogP contribution in [0.2, 0.25) is 0 Å². The smallest absolute Gasteiger partial charge is 0.119 e. The quantitative estimate of drug-likeness (QED) is 0.447. The first-order chi connectivity index (χ1) is 3.50. The zero-order valence-electron chi connectivity index (χ0n) is 6.12. The zero-order chi connectivity index (χ0) is 6.78. The molecule has 0 unspecified atom stereocenters. The van der Waals surface area contributed by atoms with Crippen LogP contribution in [0.15, 0.2) is 0 Å². The molecule has 0 aliphatic carbocycles. The van der Waals surface area contributed by atoms with Gasteiger partial charge in [-0.15, -0.1) is 0 Å². The van der Waals surface area contributed by atoms with E-state index in [0.29, 0.717) is 0 Å². The Morgan fingerprint density at radius 1 is 2.40 bits per heavy atom. The maximum absolute atomic E-state index is 9.99. The zero-order valence-corrected chi connectivity index (χ0v) is 3.12. The SMILES string of the molecule is [2H]C(=O)C([2H])([2H])CC. The summed E-state index contributed by atoms with van der Waals surface area (Å²) in [5, 5.41) is 0. The van der Waals surface area contributed by atoms with E-state index in [2.05, 4.69) is 0 Å². The molecule has 0 heterocycles. The van der Waals surface area contributed by atoms with Gasteiger partial charge in [0, 0.05) is 9.11 Å². The predicted molar refractivity (Wildman–Crippen MR) is 21.0 cm³/mol. The van der Waals surface area contributed by atoms with Crippen LogP contribution in [0.3, 0.4) is 0 Å². The van der Waals surface area contributed by atoms with Gasteiger partial charge in [-0.3, -0.25) is 0 Å². The number of rotatable bonds is 2. The van der Waals surface area contributed by atoms with Gasteiger partial charge in [-0.2, -0.15) is 0 Å². The molecule has 0 aromatic heterocycles. The lowest BCUT2D eigenvalue weighted by Crippen LogP contribution is -1.64. The van der Waals surface area contributed by atoms with Crippen LogP contribution in [-0.2, 0) is 4.79 Å². The molecule has 30 valence electrons. The van der Waals surface area contributed by atoms with Gasteiger partial charge in [-0.25, -0.2) is 0 Å². The van der Waals surface area contributed by atoms with Crippen molar-refractivity contribution >= 4 is 6.26 Å². The third kappa shape index (κ3) is 3.67. The lowest BCUT2D eigenvalue weighted by atomic mass is 10.4. The van der Waals surface area contributed by atoms with Gasteiger partial charge in [0.15, 0.2) is 0 Å². The number of aldehydes is 1. The van der Waals surface area contributed by atoms with Crippen molar-refractivity contribution < 1.29 is 8.91 Å². The van der Waals surface area contributed by atoms with Crippen molar-refractivity contribution in [2.45, 2.75) is 19.7 Å². The molecule has 1 nitrogen and oxygen atoms in total. The number of carbonyl (C=O) groups is 1. The molecule has 0 spiro atoms. The fraction of sp³-hybridized carbons (Fsp3) is 0.750. The fourth-order valence-corrected chi connectivity index (χ4v) is 0.0722. The molecule has 0 fully saturated rings. The summed E-state index contributed by atoms with van der Waals surface area (Å²) < 4.78 is 19.9. The average Bonchev–Trinajstić information content (AvgIpc) is 1.67. The molecule has 0 amide bonds. The van der Waals surface area contributed by atoms with Gasteiger partial charge >= 0.3 is 0 Å². The molecule has 5 heavy (non-hydrogen) atoms. The molecule has 0 saturated carbocycles. The van der Waals surface area contributed by atoms with Crippen molar-refractivity contribution in [3.05, 3.63) is 0 Å². The lowest BCUT2D eigenvalue weighted by Gasteiger charge is -1.68. The van der Waals surface area contributed by atoms with E-state index in [9.17, 15) is 4.79 Å². The number of hydrogen-bond acceptors (Lipinski definition) is 1. The predicted octanol–water partition coefficient (Wildman–Crippen LogP) is 0.985. The van der Waals surface area contributed by atoms with Crippen molar-refractivity contribution in [3.63, 3.8) is 0 Å². The Morgan fingerprint density at radius 2 is 3.00 bits per heavy atom. The highest BCUT2D eigenvalue weighted by Gasteiger charge is 1.66. The third-order valence-electron chi connectivity index (χ3n) is 0.249. The van der Waals surface area contributed by atoms with Crippen molar-refractivity contribution in [3.8, 4) is 0 Å². The van der Waals surface area contributed by atoms with Crippen LogP contribution in [0.5, 0.6) is 0 Å². The van der Waals surface area contributed by atoms with Crippen LogP contribution in [0.4, 0.5) is 0 Å². The summed E-state index contributed by atoms with van der Waals surface area (Å²) in [6, 6.07) is 0. The molecule has 0 bridgehead atoms. The van der Waals surface area contributed by atoms with E-state index in [0.717, 1.165) is 0 Å². The fourth-order valence-electron chi connectivity index (χ4n) is 0.0722. The summed E-state index contributed by atoms with van der Waals surface area (Å²) in [4.78, 5) is 9.99. The Kier molecular flexibility index (Phi) is 1.04. The van der Waals surface area contributed by atoms with Crippen molar-refractivity contribution in [1.82, 2.24) is 0 Å². The molecule has 0 aromatic carbocycles. The first-order valence-corrected chi connectivity index (χ1v) is 1.51. The molecule has 0 saturated heterocycles. The molecular formula is C4H8O. The molecule has 0 aromatic rings. The summed E-state index contributed by atoms with van der Waals surface area (Å²) >= 11 is 0. The van der Waals surface area contributed by atoms with Crippen LogP contribution < -0.4 is 0 Å². The summed E-state index contributed by atoms with van der Waals surface area (Å²) in [6.07, 6.45) is -2.99. The minimum atomic E-state index is -1.93.